The highest BCUT2D eigenvalue weighted by Crippen LogP contribution is 2.21. The van der Waals surface area contributed by atoms with Gasteiger partial charge in [-0.2, -0.15) is 5.10 Å². The van der Waals surface area contributed by atoms with Crippen LogP contribution in [0.5, 0.6) is 0 Å². The molecule has 1 heterocycles. The van der Waals surface area contributed by atoms with Crippen molar-refractivity contribution in [3.63, 3.8) is 0 Å². The Bertz CT molecular complexity index is 569. The molecule has 5 nitrogen and oxygen atoms in total. The number of ether oxygens (including phenoxy) is 1. The lowest BCUT2D eigenvalue weighted by molar-refractivity contribution is 0.133. The number of hydrogen-bond donors (Lipinski definition) is 1. The zero-order valence-electron chi connectivity index (χ0n) is 12.6. The van der Waals surface area contributed by atoms with E-state index in [1.165, 1.54) is 4.90 Å². The molecule has 0 fully saturated rings. The summed E-state index contributed by atoms with van der Waals surface area (Å²) in [6, 6.07) is 8.13. The molecule has 1 aromatic carbocycles. The number of nitrogens with zero attached hydrogens (tertiary/aromatic N) is 3. The summed E-state index contributed by atoms with van der Waals surface area (Å²) in [5.74, 6) is 1.40. The topological polar surface area (TPSA) is 60.2 Å². The summed E-state index contributed by atoms with van der Waals surface area (Å²) in [6.07, 6.45) is 2.31. The number of rotatable bonds is 7. The minimum Gasteiger partial charge on any atom is -0.391 e. The first kappa shape index (κ1) is 16.0. The smallest absolute Gasteiger partial charge is 0.181 e. The van der Waals surface area contributed by atoms with Gasteiger partial charge in [-0.1, -0.05) is 19.1 Å². The third kappa shape index (κ3) is 4.06. The normalized spacial score (nSPS) is 12.6. The van der Waals surface area contributed by atoms with Crippen LogP contribution in [-0.4, -0.2) is 39.3 Å². The largest absolute Gasteiger partial charge is 0.391 e. The van der Waals surface area contributed by atoms with E-state index in [9.17, 15) is 5.11 Å². The van der Waals surface area contributed by atoms with E-state index in [0.717, 1.165) is 11.4 Å². The van der Waals surface area contributed by atoms with Gasteiger partial charge in [-0.3, -0.25) is 0 Å². The van der Waals surface area contributed by atoms with Crippen LogP contribution in [0.4, 0.5) is 0 Å². The van der Waals surface area contributed by atoms with Crippen LogP contribution in [0.15, 0.2) is 29.2 Å². The molecule has 21 heavy (non-hydrogen) atoms. The number of aliphatic hydroxyl groups is 1. The molecule has 2 aromatic rings. The van der Waals surface area contributed by atoms with E-state index in [1.54, 1.807) is 23.6 Å². The lowest BCUT2D eigenvalue weighted by Crippen LogP contribution is -2.18. The van der Waals surface area contributed by atoms with Crippen LogP contribution in [0.1, 0.15) is 19.2 Å². The van der Waals surface area contributed by atoms with E-state index in [-0.39, 0.29) is 0 Å². The molecule has 1 N–H and O–H groups in total. The lowest BCUT2D eigenvalue weighted by Gasteiger charge is -2.09. The number of aliphatic hydroxyl groups excluding tert-OH is 1. The first-order valence-corrected chi connectivity index (χ1v) is 8.15. The number of methoxy groups -OCH3 is 1. The fourth-order valence-electron chi connectivity index (χ4n) is 1.95. The molecule has 6 heteroatoms. The van der Waals surface area contributed by atoms with E-state index in [2.05, 4.69) is 22.2 Å². The second-order valence-corrected chi connectivity index (χ2v) is 5.64. The lowest BCUT2D eigenvalue weighted by atomic mass is 10.2. The van der Waals surface area contributed by atoms with Crippen LogP contribution < -0.4 is 0 Å². The van der Waals surface area contributed by atoms with E-state index in [0.29, 0.717) is 25.4 Å². The summed E-state index contributed by atoms with van der Waals surface area (Å²) in [4.78, 5) is 5.73. The molecule has 1 aromatic heterocycles. The highest BCUT2D eigenvalue weighted by molar-refractivity contribution is 7.98. The summed E-state index contributed by atoms with van der Waals surface area (Å²) >= 11 is 1.70. The molecule has 1 unspecified atom stereocenters. The number of benzene rings is 1. The number of hydrogen-bond acceptors (Lipinski definition) is 5. The van der Waals surface area contributed by atoms with Crippen LogP contribution >= 0.6 is 11.8 Å². The average molecular weight is 307 g/mol. The van der Waals surface area contributed by atoms with Crippen molar-refractivity contribution in [1.29, 1.82) is 0 Å². The van der Waals surface area contributed by atoms with Gasteiger partial charge in [0.25, 0.3) is 0 Å². The van der Waals surface area contributed by atoms with Crippen molar-refractivity contribution >= 4 is 11.8 Å². The van der Waals surface area contributed by atoms with Gasteiger partial charge >= 0.3 is 0 Å². The van der Waals surface area contributed by atoms with E-state index < -0.39 is 6.10 Å². The fourth-order valence-corrected chi connectivity index (χ4v) is 2.36. The molecule has 0 radical (unpaired) electrons. The Hall–Kier alpha value is -1.37. The van der Waals surface area contributed by atoms with Gasteiger partial charge in [0.05, 0.1) is 12.6 Å². The van der Waals surface area contributed by atoms with Gasteiger partial charge in [-0.05, 0) is 24.8 Å². The van der Waals surface area contributed by atoms with Crippen molar-refractivity contribution in [1.82, 2.24) is 14.8 Å². The summed E-state index contributed by atoms with van der Waals surface area (Å²) in [6.45, 7) is 2.76. The van der Waals surface area contributed by atoms with Crippen LogP contribution in [0.25, 0.3) is 11.4 Å². The zero-order valence-corrected chi connectivity index (χ0v) is 13.4. The van der Waals surface area contributed by atoms with Crippen molar-refractivity contribution in [2.24, 2.45) is 0 Å². The Labute approximate surface area is 129 Å². The molecule has 2 rings (SSSR count). The summed E-state index contributed by atoms with van der Waals surface area (Å²) in [7, 11) is 1.63. The molecule has 0 bridgehead atoms. The van der Waals surface area contributed by atoms with Gasteiger partial charge in [0.2, 0.25) is 0 Å². The zero-order chi connectivity index (χ0) is 15.2. The molecule has 0 amide bonds. The Morgan fingerprint density at radius 3 is 2.62 bits per heavy atom. The van der Waals surface area contributed by atoms with Crippen LogP contribution in [0.2, 0.25) is 0 Å². The van der Waals surface area contributed by atoms with Crippen molar-refractivity contribution in [3.8, 4) is 11.4 Å². The molecular formula is C15H21N3O2S. The number of thioether (sulfide) groups is 1. The Balaban J connectivity index is 2.28. The maximum atomic E-state index is 9.82. The summed E-state index contributed by atoms with van der Waals surface area (Å²) < 4.78 is 6.89. The van der Waals surface area contributed by atoms with Crippen molar-refractivity contribution < 1.29 is 9.84 Å². The maximum absolute atomic E-state index is 9.82. The Morgan fingerprint density at radius 2 is 2.05 bits per heavy atom. The van der Waals surface area contributed by atoms with Crippen molar-refractivity contribution in [2.75, 3.05) is 13.4 Å². The van der Waals surface area contributed by atoms with Gasteiger partial charge in [-0.25, -0.2) is 9.67 Å². The third-order valence-electron chi connectivity index (χ3n) is 3.22. The van der Waals surface area contributed by atoms with E-state index in [1.807, 2.05) is 25.3 Å². The minimum absolute atomic E-state index is 0.381. The Morgan fingerprint density at radius 1 is 1.33 bits per heavy atom. The van der Waals surface area contributed by atoms with Crippen LogP contribution in [0, 0.1) is 0 Å². The maximum Gasteiger partial charge on any atom is 0.181 e. The highest BCUT2D eigenvalue weighted by Gasteiger charge is 2.14. The molecule has 1 atom stereocenters. The Kier molecular flexibility index (Phi) is 5.78. The second kappa shape index (κ2) is 7.59. The minimum atomic E-state index is -0.422. The van der Waals surface area contributed by atoms with Gasteiger partial charge in [0.15, 0.2) is 11.6 Å². The summed E-state index contributed by atoms with van der Waals surface area (Å²) in [5, 5.41) is 14.3. The van der Waals surface area contributed by atoms with E-state index >= 15 is 0 Å². The van der Waals surface area contributed by atoms with E-state index in [4.69, 9.17) is 4.74 Å². The first-order valence-electron chi connectivity index (χ1n) is 6.93. The number of aromatic nitrogens is 3. The fraction of sp³-hybridized carbons (Fsp3) is 0.467. The average Bonchev–Trinajstić information content (AvgIpc) is 2.90. The van der Waals surface area contributed by atoms with Crippen molar-refractivity contribution in [2.45, 2.75) is 37.5 Å². The van der Waals surface area contributed by atoms with Gasteiger partial charge < -0.3 is 9.84 Å². The van der Waals surface area contributed by atoms with Crippen LogP contribution in [-0.2, 0) is 17.9 Å². The molecule has 0 aliphatic rings. The molecular weight excluding hydrogens is 286 g/mol. The molecule has 0 saturated heterocycles. The van der Waals surface area contributed by atoms with Gasteiger partial charge in [0, 0.05) is 17.6 Å². The predicted octanol–water partition coefficient (Wildman–Crippen LogP) is 2.58. The monoisotopic (exact) mass is 307 g/mol. The molecule has 0 spiro atoms. The molecule has 0 saturated carbocycles. The molecule has 114 valence electrons. The standard InChI is InChI=1S/C15H21N3O2S/c1-4-12(19)9-18-14(10-20-2)16-15(17-18)11-5-7-13(21-3)8-6-11/h5-8,12,19H,4,9-10H2,1-3H3. The summed E-state index contributed by atoms with van der Waals surface area (Å²) in [5.41, 5.74) is 0.967. The highest BCUT2D eigenvalue weighted by atomic mass is 32.2. The molecule has 0 aliphatic heterocycles. The van der Waals surface area contributed by atoms with Crippen molar-refractivity contribution in [3.05, 3.63) is 30.1 Å². The molecule has 0 aliphatic carbocycles. The quantitative estimate of drug-likeness (QED) is 0.797. The van der Waals surface area contributed by atoms with Gasteiger partial charge in [0.1, 0.15) is 6.61 Å². The van der Waals surface area contributed by atoms with Crippen LogP contribution in [0.3, 0.4) is 0 Å². The second-order valence-electron chi connectivity index (χ2n) is 4.76. The van der Waals surface area contributed by atoms with Gasteiger partial charge in [-0.15, -0.1) is 11.8 Å². The predicted molar refractivity (Wildman–Crippen MR) is 84.2 cm³/mol. The third-order valence-corrected chi connectivity index (χ3v) is 3.97. The SMILES string of the molecule is CCC(O)Cn1nc(-c2ccc(SC)cc2)nc1COC. The first-order chi connectivity index (χ1) is 10.2.